The van der Waals surface area contributed by atoms with Gasteiger partial charge in [0.05, 0.1) is 13.1 Å². The number of fused-ring (bicyclic) bond motifs is 1. The number of aromatic nitrogens is 1. The highest BCUT2D eigenvalue weighted by molar-refractivity contribution is 5.71. The molecule has 1 amide bonds. The molecule has 6 nitrogen and oxygen atoms in total. The summed E-state index contributed by atoms with van der Waals surface area (Å²) in [5.74, 6) is 0. The van der Waals surface area contributed by atoms with Crippen LogP contribution in [0.1, 0.15) is 43.6 Å². The molecule has 1 atom stereocenters. The molecule has 1 N–H and O–H groups in total. The standard InChI is InChI=1S/C19H22N2O4/c1-19(2,3)16(13-7-5-4-6-8-13)25-18(24)21-11-14-9-20(17(22)23)10-15(14)12-21/h4-10,16H,11-12H2,1-3H3,(H,22,23). The van der Waals surface area contributed by atoms with E-state index in [-0.39, 0.29) is 17.6 Å². The maximum atomic E-state index is 12.6. The molecule has 0 saturated carbocycles. The Bertz CT molecular complexity index is 766. The third kappa shape index (κ3) is 3.52. The number of amides is 1. The molecule has 0 saturated heterocycles. The Balaban J connectivity index is 1.73. The lowest BCUT2D eigenvalue weighted by Crippen LogP contribution is -2.32. The normalized spacial score (nSPS) is 14.9. The summed E-state index contributed by atoms with van der Waals surface area (Å²) in [6, 6.07) is 9.70. The van der Waals surface area contributed by atoms with E-state index in [9.17, 15) is 9.59 Å². The second-order valence-corrected chi connectivity index (χ2v) is 7.40. The molecule has 0 radical (unpaired) electrons. The molecule has 25 heavy (non-hydrogen) atoms. The fourth-order valence-corrected chi connectivity index (χ4v) is 3.08. The summed E-state index contributed by atoms with van der Waals surface area (Å²) >= 11 is 0. The number of carbonyl (C=O) groups is 2. The van der Waals surface area contributed by atoms with Gasteiger partial charge in [0.1, 0.15) is 6.10 Å². The second-order valence-electron chi connectivity index (χ2n) is 7.40. The molecule has 0 fully saturated rings. The largest absolute Gasteiger partial charge is 0.464 e. The molecule has 1 unspecified atom stereocenters. The first-order valence-corrected chi connectivity index (χ1v) is 8.19. The maximum absolute atomic E-state index is 12.6. The number of nitrogens with zero attached hydrogens (tertiary/aromatic N) is 2. The van der Waals surface area contributed by atoms with Crippen molar-refractivity contribution in [3.05, 3.63) is 59.4 Å². The third-order valence-corrected chi connectivity index (χ3v) is 4.31. The molecule has 0 bridgehead atoms. The summed E-state index contributed by atoms with van der Waals surface area (Å²) < 4.78 is 6.95. The predicted octanol–water partition coefficient (Wildman–Crippen LogP) is 4.25. The monoisotopic (exact) mass is 342 g/mol. The Hall–Kier alpha value is -2.76. The number of hydrogen-bond donors (Lipinski definition) is 1. The summed E-state index contributed by atoms with van der Waals surface area (Å²) in [5, 5.41) is 9.01. The lowest BCUT2D eigenvalue weighted by molar-refractivity contribution is 0.00766. The molecular weight excluding hydrogens is 320 g/mol. The number of rotatable bonds is 2. The van der Waals surface area contributed by atoms with E-state index in [2.05, 4.69) is 0 Å². The van der Waals surface area contributed by atoms with Crippen molar-refractivity contribution in [2.75, 3.05) is 0 Å². The molecule has 132 valence electrons. The van der Waals surface area contributed by atoms with Gasteiger partial charge in [0.25, 0.3) is 0 Å². The third-order valence-electron chi connectivity index (χ3n) is 4.31. The van der Waals surface area contributed by atoms with E-state index in [1.54, 1.807) is 17.3 Å². The lowest BCUT2D eigenvalue weighted by Gasteiger charge is -2.32. The van der Waals surface area contributed by atoms with Crippen molar-refractivity contribution in [3.8, 4) is 0 Å². The first-order valence-electron chi connectivity index (χ1n) is 8.19. The van der Waals surface area contributed by atoms with E-state index < -0.39 is 6.09 Å². The maximum Gasteiger partial charge on any atom is 0.415 e. The molecule has 1 aromatic carbocycles. The van der Waals surface area contributed by atoms with Gasteiger partial charge in [-0.15, -0.1) is 0 Å². The van der Waals surface area contributed by atoms with Crippen LogP contribution in [-0.2, 0) is 17.8 Å². The van der Waals surface area contributed by atoms with Gasteiger partial charge in [-0.05, 0) is 16.7 Å². The van der Waals surface area contributed by atoms with Crippen LogP contribution in [0.2, 0.25) is 0 Å². The fourth-order valence-electron chi connectivity index (χ4n) is 3.08. The molecule has 1 aliphatic rings. The quantitative estimate of drug-likeness (QED) is 0.885. The van der Waals surface area contributed by atoms with Crippen LogP contribution in [0.3, 0.4) is 0 Å². The van der Waals surface area contributed by atoms with Crippen LogP contribution in [0.15, 0.2) is 42.7 Å². The number of ether oxygens (including phenoxy) is 1. The zero-order chi connectivity index (χ0) is 18.2. The number of carbonyl (C=O) groups excluding carboxylic acids is 1. The van der Waals surface area contributed by atoms with Crippen molar-refractivity contribution in [2.24, 2.45) is 5.41 Å². The molecule has 0 aliphatic carbocycles. The van der Waals surface area contributed by atoms with Crippen LogP contribution in [0, 0.1) is 5.41 Å². The summed E-state index contributed by atoms with van der Waals surface area (Å²) in [5.41, 5.74) is 2.39. The van der Waals surface area contributed by atoms with Gasteiger partial charge in [0.15, 0.2) is 0 Å². The Morgan fingerprint density at radius 3 is 2.12 bits per heavy atom. The highest BCUT2D eigenvalue weighted by Crippen LogP contribution is 2.37. The summed E-state index contributed by atoms with van der Waals surface area (Å²) in [6.07, 6.45) is 1.31. The van der Waals surface area contributed by atoms with Crippen LogP contribution in [0.25, 0.3) is 0 Å². The predicted molar refractivity (Wildman–Crippen MR) is 92.2 cm³/mol. The Morgan fingerprint density at radius 1 is 1.08 bits per heavy atom. The van der Waals surface area contributed by atoms with Crippen molar-refractivity contribution in [2.45, 2.75) is 40.0 Å². The Kier molecular flexibility index (Phi) is 4.29. The smallest absolute Gasteiger partial charge is 0.415 e. The van der Waals surface area contributed by atoms with Crippen molar-refractivity contribution in [1.29, 1.82) is 0 Å². The van der Waals surface area contributed by atoms with Gasteiger partial charge in [0, 0.05) is 17.8 Å². The van der Waals surface area contributed by atoms with Crippen molar-refractivity contribution >= 4 is 12.2 Å². The highest BCUT2D eigenvalue weighted by Gasteiger charge is 2.33. The van der Waals surface area contributed by atoms with Gasteiger partial charge >= 0.3 is 12.2 Å². The minimum atomic E-state index is -1.03. The topological polar surface area (TPSA) is 71.8 Å². The molecule has 2 heterocycles. The summed E-state index contributed by atoms with van der Waals surface area (Å²) in [7, 11) is 0. The molecule has 1 aliphatic heterocycles. The summed E-state index contributed by atoms with van der Waals surface area (Å²) in [4.78, 5) is 25.2. The van der Waals surface area contributed by atoms with E-state index in [4.69, 9.17) is 9.84 Å². The Morgan fingerprint density at radius 2 is 1.64 bits per heavy atom. The minimum Gasteiger partial charge on any atom is -0.464 e. The van der Waals surface area contributed by atoms with E-state index in [1.165, 1.54) is 0 Å². The first kappa shape index (κ1) is 17.1. The zero-order valence-electron chi connectivity index (χ0n) is 14.6. The SMILES string of the molecule is CC(C)(C)C(OC(=O)N1Cc2cn(C(=O)O)cc2C1)c1ccccc1. The van der Waals surface area contributed by atoms with Gasteiger partial charge in [-0.3, -0.25) is 9.47 Å². The van der Waals surface area contributed by atoms with Crippen molar-refractivity contribution in [1.82, 2.24) is 9.47 Å². The summed E-state index contributed by atoms with van der Waals surface area (Å²) in [6.45, 7) is 6.82. The highest BCUT2D eigenvalue weighted by atomic mass is 16.6. The first-order chi connectivity index (χ1) is 11.8. The number of benzene rings is 1. The van der Waals surface area contributed by atoms with Crippen molar-refractivity contribution in [3.63, 3.8) is 0 Å². The molecule has 1 aromatic heterocycles. The Labute approximate surface area is 146 Å². The average Bonchev–Trinajstić information content (AvgIpc) is 3.11. The lowest BCUT2D eigenvalue weighted by atomic mass is 9.84. The molecular formula is C19H22N2O4. The van der Waals surface area contributed by atoms with E-state index in [0.717, 1.165) is 21.3 Å². The van der Waals surface area contributed by atoms with Crippen LogP contribution < -0.4 is 0 Å². The van der Waals surface area contributed by atoms with E-state index >= 15 is 0 Å². The molecule has 2 aromatic rings. The molecule has 3 rings (SSSR count). The van der Waals surface area contributed by atoms with Crippen LogP contribution in [0.4, 0.5) is 9.59 Å². The van der Waals surface area contributed by atoms with Crippen molar-refractivity contribution < 1.29 is 19.4 Å². The van der Waals surface area contributed by atoms with Gasteiger partial charge in [-0.25, -0.2) is 9.59 Å². The number of carboxylic acid groups (broad SMARTS) is 1. The second kappa shape index (κ2) is 6.27. The number of hydrogen-bond acceptors (Lipinski definition) is 3. The van der Waals surface area contributed by atoms with E-state index in [0.29, 0.717) is 13.1 Å². The fraction of sp³-hybridized carbons (Fsp3) is 0.368. The average molecular weight is 342 g/mol. The van der Waals surface area contributed by atoms with E-state index in [1.807, 2.05) is 51.1 Å². The minimum absolute atomic E-state index is 0.245. The van der Waals surface area contributed by atoms with Crippen LogP contribution in [-0.4, -0.2) is 26.8 Å². The van der Waals surface area contributed by atoms with Crippen LogP contribution >= 0.6 is 0 Å². The van der Waals surface area contributed by atoms with Gasteiger partial charge in [-0.2, -0.15) is 0 Å². The van der Waals surface area contributed by atoms with Crippen LogP contribution in [0.5, 0.6) is 0 Å². The molecule has 0 spiro atoms. The zero-order valence-corrected chi connectivity index (χ0v) is 14.6. The molecule has 6 heteroatoms. The van der Waals surface area contributed by atoms with Gasteiger partial charge in [-0.1, -0.05) is 51.1 Å². The van der Waals surface area contributed by atoms with Gasteiger partial charge in [0.2, 0.25) is 0 Å². The van der Waals surface area contributed by atoms with Gasteiger partial charge < -0.3 is 9.84 Å².